The number of rotatable bonds is 7. The van der Waals surface area contributed by atoms with Crippen molar-refractivity contribution in [2.75, 3.05) is 19.6 Å². The monoisotopic (exact) mass is 509 g/mol. The molecule has 3 rings (SSSR count). The Balaban J connectivity index is 0.00000280. The summed E-state index contributed by atoms with van der Waals surface area (Å²) >= 11 is 5.82. The molecule has 0 unspecified atom stereocenters. The van der Waals surface area contributed by atoms with E-state index in [-0.39, 0.29) is 24.0 Å². The Bertz CT molecular complexity index is 893. The van der Waals surface area contributed by atoms with E-state index in [1.54, 1.807) is 0 Å². The maximum atomic E-state index is 5.82. The van der Waals surface area contributed by atoms with Crippen molar-refractivity contribution in [3.8, 4) is 0 Å². The van der Waals surface area contributed by atoms with Gasteiger partial charge < -0.3 is 10.6 Å². The van der Waals surface area contributed by atoms with E-state index in [4.69, 9.17) is 16.6 Å². The minimum absolute atomic E-state index is 0. The van der Waals surface area contributed by atoms with Crippen LogP contribution in [0.5, 0.6) is 0 Å². The van der Waals surface area contributed by atoms with Crippen molar-refractivity contribution in [1.82, 2.24) is 20.6 Å². The predicted octanol–water partition coefficient (Wildman–Crippen LogP) is 4.24. The smallest absolute Gasteiger partial charge is 0.191 e. The van der Waals surface area contributed by atoms with E-state index in [9.17, 15) is 0 Å². The number of nitrogens with zero attached hydrogens (tertiary/aromatic N) is 3. The Kier molecular flexibility index (Phi) is 9.43. The molecule has 0 saturated carbocycles. The highest BCUT2D eigenvalue weighted by atomic mass is 127. The molecule has 28 heavy (non-hydrogen) atoms. The van der Waals surface area contributed by atoms with Gasteiger partial charge in [0.15, 0.2) is 5.96 Å². The number of fused-ring (bicyclic) bond motifs is 1. The molecule has 0 saturated heterocycles. The van der Waals surface area contributed by atoms with Gasteiger partial charge in [-0.1, -0.05) is 41.9 Å². The number of halogens is 2. The van der Waals surface area contributed by atoms with Gasteiger partial charge in [-0.15, -0.1) is 24.0 Å². The Morgan fingerprint density at radius 1 is 1.04 bits per heavy atom. The molecule has 2 aromatic heterocycles. The van der Waals surface area contributed by atoms with Crippen LogP contribution in [0.25, 0.3) is 10.9 Å². The van der Waals surface area contributed by atoms with Crippen LogP contribution >= 0.6 is 35.6 Å². The van der Waals surface area contributed by atoms with Gasteiger partial charge in [0.1, 0.15) is 5.15 Å². The third-order valence-corrected chi connectivity index (χ3v) is 4.43. The fraction of sp³-hybridized carbons (Fsp3) is 0.286. The topological polar surface area (TPSA) is 62.2 Å². The molecule has 0 radical (unpaired) electrons. The van der Waals surface area contributed by atoms with Crippen molar-refractivity contribution in [3.05, 3.63) is 71.1 Å². The lowest BCUT2D eigenvalue weighted by Gasteiger charge is -2.11. The van der Waals surface area contributed by atoms with Crippen molar-refractivity contribution in [2.45, 2.75) is 19.8 Å². The molecule has 0 aliphatic heterocycles. The normalized spacial score (nSPS) is 11.1. The molecule has 7 heteroatoms. The Labute approximate surface area is 188 Å². The van der Waals surface area contributed by atoms with Gasteiger partial charge in [0.25, 0.3) is 0 Å². The van der Waals surface area contributed by atoms with Crippen LogP contribution in [0.15, 0.2) is 59.9 Å². The number of hydrogen-bond acceptors (Lipinski definition) is 3. The second kappa shape index (κ2) is 11.8. The first kappa shape index (κ1) is 22.4. The van der Waals surface area contributed by atoms with E-state index in [2.05, 4.69) is 51.8 Å². The highest BCUT2D eigenvalue weighted by Gasteiger charge is 2.02. The number of pyridine rings is 2. The number of guanidine groups is 1. The summed E-state index contributed by atoms with van der Waals surface area (Å²) in [4.78, 5) is 13.3. The summed E-state index contributed by atoms with van der Waals surface area (Å²) in [7, 11) is 0. The van der Waals surface area contributed by atoms with Gasteiger partial charge in [-0.25, -0.2) is 4.98 Å². The second-order valence-electron chi connectivity index (χ2n) is 6.17. The average molecular weight is 510 g/mol. The van der Waals surface area contributed by atoms with Gasteiger partial charge in [0, 0.05) is 37.4 Å². The molecule has 0 aliphatic rings. The van der Waals surface area contributed by atoms with Crippen LogP contribution in [-0.4, -0.2) is 35.6 Å². The summed E-state index contributed by atoms with van der Waals surface area (Å²) in [6.07, 6.45) is 5.36. The van der Waals surface area contributed by atoms with Crippen molar-refractivity contribution in [1.29, 1.82) is 0 Å². The zero-order chi connectivity index (χ0) is 18.9. The molecular formula is C21H25ClIN5. The first-order chi connectivity index (χ1) is 13.3. The number of benzene rings is 1. The number of para-hydroxylation sites is 1. The molecule has 0 atom stereocenters. The maximum Gasteiger partial charge on any atom is 0.191 e. The van der Waals surface area contributed by atoms with E-state index in [1.807, 2.05) is 30.6 Å². The van der Waals surface area contributed by atoms with E-state index in [1.165, 1.54) is 10.9 Å². The van der Waals surface area contributed by atoms with Crippen molar-refractivity contribution in [3.63, 3.8) is 0 Å². The number of hydrogen-bond donors (Lipinski definition) is 2. The Hall–Kier alpha value is -1.93. The maximum absolute atomic E-state index is 5.82. The Morgan fingerprint density at radius 3 is 2.68 bits per heavy atom. The summed E-state index contributed by atoms with van der Waals surface area (Å²) in [5.74, 6) is 0.826. The van der Waals surface area contributed by atoms with E-state index in [0.29, 0.717) is 11.7 Å². The highest BCUT2D eigenvalue weighted by Crippen LogP contribution is 2.16. The third-order valence-electron chi connectivity index (χ3n) is 4.21. The first-order valence-corrected chi connectivity index (χ1v) is 9.59. The lowest BCUT2D eigenvalue weighted by Crippen LogP contribution is -2.38. The van der Waals surface area contributed by atoms with Crippen LogP contribution in [0.2, 0.25) is 5.15 Å². The molecule has 0 fully saturated rings. The van der Waals surface area contributed by atoms with Crippen molar-refractivity contribution >= 4 is 52.4 Å². The largest absolute Gasteiger partial charge is 0.357 e. The molecule has 5 nitrogen and oxygen atoms in total. The molecule has 1 aromatic carbocycles. The quantitative estimate of drug-likeness (QED) is 0.216. The van der Waals surface area contributed by atoms with Crippen LogP contribution in [0.4, 0.5) is 0 Å². The van der Waals surface area contributed by atoms with Gasteiger partial charge >= 0.3 is 0 Å². The lowest BCUT2D eigenvalue weighted by atomic mass is 10.1. The Morgan fingerprint density at radius 2 is 1.89 bits per heavy atom. The summed E-state index contributed by atoms with van der Waals surface area (Å²) < 4.78 is 0. The number of aromatic nitrogens is 2. The molecule has 0 bridgehead atoms. The predicted molar refractivity (Wildman–Crippen MR) is 128 cm³/mol. The van der Waals surface area contributed by atoms with E-state index >= 15 is 0 Å². The van der Waals surface area contributed by atoms with Crippen molar-refractivity contribution in [2.24, 2.45) is 4.99 Å². The third kappa shape index (κ3) is 6.60. The molecule has 148 valence electrons. The van der Waals surface area contributed by atoms with Crippen LogP contribution < -0.4 is 10.6 Å². The van der Waals surface area contributed by atoms with Crippen molar-refractivity contribution < 1.29 is 0 Å². The van der Waals surface area contributed by atoms with Gasteiger partial charge in [-0.2, -0.15) is 0 Å². The van der Waals surface area contributed by atoms with Gasteiger partial charge in [0.05, 0.1) is 5.52 Å². The molecule has 0 spiro atoms. The summed E-state index contributed by atoms with van der Waals surface area (Å²) in [6.45, 7) is 4.37. The van der Waals surface area contributed by atoms with Gasteiger partial charge in [0.2, 0.25) is 0 Å². The molecule has 0 aliphatic carbocycles. The standard InChI is InChI=1S/C21H24ClN5.HI/c1-2-23-21(25-13-10-16-8-9-19(22)27-15-16)26-14-11-18-6-3-5-17-7-4-12-24-20(17)18;/h3-9,12,15H,2,10-11,13-14H2,1H3,(H2,23,25,26);1H. The lowest BCUT2D eigenvalue weighted by molar-refractivity contribution is 0.795. The average Bonchev–Trinajstić information content (AvgIpc) is 2.70. The molecule has 3 aromatic rings. The minimum atomic E-state index is 0. The SMILES string of the molecule is CCNC(=NCCc1cccc2cccnc12)NCCc1ccc(Cl)nc1.I. The molecule has 0 amide bonds. The number of nitrogens with one attached hydrogen (secondary N) is 2. The zero-order valence-corrected chi connectivity index (χ0v) is 18.9. The van der Waals surface area contributed by atoms with Crippen LogP contribution in [0.3, 0.4) is 0 Å². The highest BCUT2D eigenvalue weighted by molar-refractivity contribution is 14.0. The summed E-state index contributed by atoms with van der Waals surface area (Å²) in [5, 5.41) is 8.34. The second-order valence-corrected chi connectivity index (χ2v) is 6.56. The summed E-state index contributed by atoms with van der Waals surface area (Å²) in [5.41, 5.74) is 3.42. The minimum Gasteiger partial charge on any atom is -0.357 e. The fourth-order valence-electron chi connectivity index (χ4n) is 2.88. The van der Waals surface area contributed by atoms with E-state index < -0.39 is 0 Å². The molecule has 2 N–H and O–H groups in total. The molecule has 2 heterocycles. The van der Waals surface area contributed by atoms with Crippen LogP contribution in [-0.2, 0) is 12.8 Å². The van der Waals surface area contributed by atoms with E-state index in [0.717, 1.165) is 43.0 Å². The van der Waals surface area contributed by atoms with Crippen LogP contribution in [0, 0.1) is 0 Å². The zero-order valence-electron chi connectivity index (χ0n) is 15.9. The fourth-order valence-corrected chi connectivity index (χ4v) is 2.99. The summed E-state index contributed by atoms with van der Waals surface area (Å²) in [6, 6.07) is 14.2. The number of aliphatic imine (C=N–C) groups is 1. The first-order valence-electron chi connectivity index (χ1n) is 9.21. The molecular weight excluding hydrogens is 485 g/mol. The van der Waals surface area contributed by atoms with Gasteiger partial charge in [-0.3, -0.25) is 9.98 Å². The van der Waals surface area contributed by atoms with Gasteiger partial charge in [-0.05, 0) is 43.0 Å². The van der Waals surface area contributed by atoms with Crippen LogP contribution in [0.1, 0.15) is 18.1 Å².